The molecule has 0 N–H and O–H groups in total. The summed E-state index contributed by atoms with van der Waals surface area (Å²) in [4.78, 5) is 10.8. The molecule has 0 aliphatic heterocycles. The highest BCUT2D eigenvalue weighted by atomic mass is 79.9. The van der Waals surface area contributed by atoms with Crippen LogP contribution in [0.25, 0.3) is 0 Å². The van der Waals surface area contributed by atoms with Gasteiger partial charge in [-0.1, -0.05) is 39.7 Å². The fraction of sp³-hybridized carbons (Fsp3) is 0.0714. The molecule has 0 atom stereocenters. The van der Waals surface area contributed by atoms with E-state index in [0.717, 1.165) is 0 Å². The first-order chi connectivity index (χ1) is 9.11. The smallest absolute Gasteiger partial charge is 0.153 e. The van der Waals surface area contributed by atoms with Gasteiger partial charge >= 0.3 is 0 Å². The molecule has 19 heavy (non-hydrogen) atoms. The van der Waals surface area contributed by atoms with Gasteiger partial charge in [0.1, 0.15) is 18.2 Å². The molecule has 0 aliphatic rings. The van der Waals surface area contributed by atoms with Crippen molar-refractivity contribution in [2.75, 3.05) is 0 Å². The van der Waals surface area contributed by atoms with Gasteiger partial charge in [0.25, 0.3) is 0 Å². The van der Waals surface area contributed by atoms with Crippen LogP contribution in [0.15, 0.2) is 40.9 Å². The number of hydrogen-bond donors (Lipinski definition) is 0. The molecule has 0 bridgehead atoms. The third-order valence-corrected chi connectivity index (χ3v) is 3.32. The average molecular weight is 344 g/mol. The second-order valence-electron chi connectivity index (χ2n) is 3.79. The first-order valence-electron chi connectivity index (χ1n) is 5.42. The van der Waals surface area contributed by atoms with Crippen molar-refractivity contribution in [3.63, 3.8) is 0 Å². The van der Waals surface area contributed by atoms with Gasteiger partial charge in [-0.3, -0.25) is 4.79 Å². The molecule has 0 aromatic heterocycles. The maximum atomic E-state index is 13.7. The second-order valence-corrected chi connectivity index (χ2v) is 5.12. The summed E-state index contributed by atoms with van der Waals surface area (Å²) in [6.45, 7) is -0.0389. The molecule has 0 aliphatic carbocycles. The van der Waals surface area contributed by atoms with Crippen molar-refractivity contribution in [3.05, 3.63) is 62.8 Å². The number of aldehydes is 1. The van der Waals surface area contributed by atoms with E-state index in [0.29, 0.717) is 22.1 Å². The van der Waals surface area contributed by atoms with Gasteiger partial charge < -0.3 is 4.74 Å². The van der Waals surface area contributed by atoms with Gasteiger partial charge in [0.05, 0.1) is 10.6 Å². The van der Waals surface area contributed by atoms with Crippen LogP contribution in [-0.2, 0) is 6.61 Å². The molecule has 98 valence electrons. The molecule has 0 unspecified atom stereocenters. The van der Waals surface area contributed by atoms with E-state index < -0.39 is 5.82 Å². The maximum absolute atomic E-state index is 13.7. The zero-order chi connectivity index (χ0) is 13.8. The van der Waals surface area contributed by atoms with Crippen LogP contribution in [0.3, 0.4) is 0 Å². The third kappa shape index (κ3) is 3.33. The lowest BCUT2D eigenvalue weighted by Gasteiger charge is -2.10. The lowest BCUT2D eigenvalue weighted by atomic mass is 10.2. The van der Waals surface area contributed by atoms with Gasteiger partial charge in [0.15, 0.2) is 6.29 Å². The lowest BCUT2D eigenvalue weighted by Crippen LogP contribution is -2.01. The predicted molar refractivity (Wildman–Crippen MR) is 75.3 cm³/mol. The molecule has 0 saturated carbocycles. The Hall–Kier alpha value is -1.39. The normalized spacial score (nSPS) is 10.3. The van der Waals surface area contributed by atoms with Crippen LogP contribution in [0, 0.1) is 5.82 Å². The summed E-state index contributed by atoms with van der Waals surface area (Å²) in [6, 6.07) is 9.65. The summed E-state index contributed by atoms with van der Waals surface area (Å²) in [5.74, 6) is -0.0566. The van der Waals surface area contributed by atoms with Gasteiger partial charge in [-0.25, -0.2) is 4.39 Å². The highest BCUT2D eigenvalue weighted by Crippen LogP contribution is 2.26. The highest BCUT2D eigenvalue weighted by molar-refractivity contribution is 9.10. The van der Waals surface area contributed by atoms with Crippen molar-refractivity contribution >= 4 is 33.8 Å². The molecular formula is C14H9BrClFO2. The summed E-state index contributed by atoms with van der Waals surface area (Å²) in [5.41, 5.74) is 0.668. The van der Waals surface area contributed by atoms with Crippen LogP contribution < -0.4 is 4.74 Å². The van der Waals surface area contributed by atoms with Crippen LogP contribution >= 0.6 is 27.5 Å². The van der Waals surface area contributed by atoms with E-state index >= 15 is 0 Å². The number of halogens is 3. The Balaban J connectivity index is 2.21. The molecule has 0 saturated heterocycles. The van der Waals surface area contributed by atoms with Crippen LogP contribution in [0.2, 0.25) is 5.02 Å². The topological polar surface area (TPSA) is 26.3 Å². The monoisotopic (exact) mass is 342 g/mol. The van der Waals surface area contributed by atoms with Crippen LogP contribution in [-0.4, -0.2) is 6.29 Å². The number of carbonyl (C=O) groups is 1. The van der Waals surface area contributed by atoms with Crippen molar-refractivity contribution in [3.8, 4) is 5.75 Å². The quantitative estimate of drug-likeness (QED) is 0.756. The van der Waals surface area contributed by atoms with Crippen molar-refractivity contribution in [1.29, 1.82) is 0 Å². The van der Waals surface area contributed by atoms with Crippen LogP contribution in [0.1, 0.15) is 15.9 Å². The van der Waals surface area contributed by atoms with Crippen LogP contribution in [0.4, 0.5) is 4.39 Å². The van der Waals surface area contributed by atoms with E-state index in [1.165, 1.54) is 6.07 Å². The summed E-state index contributed by atoms with van der Waals surface area (Å²) >= 11 is 9.11. The van der Waals surface area contributed by atoms with Gasteiger partial charge in [0.2, 0.25) is 0 Å². The Morgan fingerprint density at radius 3 is 2.74 bits per heavy atom. The second kappa shape index (κ2) is 6.17. The van der Waals surface area contributed by atoms with E-state index in [2.05, 4.69) is 15.9 Å². The van der Waals surface area contributed by atoms with Gasteiger partial charge in [-0.05, 0) is 24.3 Å². The minimum Gasteiger partial charge on any atom is -0.488 e. The highest BCUT2D eigenvalue weighted by Gasteiger charge is 2.11. The molecule has 2 aromatic rings. The SMILES string of the molecule is O=Cc1ccccc1OCc1c(F)cc(Br)cc1Cl. The van der Waals surface area contributed by atoms with E-state index in [1.54, 1.807) is 30.3 Å². The summed E-state index contributed by atoms with van der Waals surface area (Å²) < 4.78 is 19.7. The van der Waals surface area contributed by atoms with Crippen molar-refractivity contribution < 1.29 is 13.9 Å². The molecule has 2 nitrogen and oxygen atoms in total. The van der Waals surface area contributed by atoms with Gasteiger partial charge in [-0.2, -0.15) is 0 Å². The van der Waals surface area contributed by atoms with Crippen molar-refractivity contribution in [1.82, 2.24) is 0 Å². The average Bonchev–Trinajstić information content (AvgIpc) is 2.38. The third-order valence-electron chi connectivity index (χ3n) is 2.52. The standard InChI is InChI=1S/C14H9BrClFO2/c15-10-5-12(16)11(13(17)6-10)8-19-14-4-2-1-3-9(14)7-18/h1-7H,8H2. The van der Waals surface area contributed by atoms with Crippen LogP contribution in [0.5, 0.6) is 5.75 Å². The Morgan fingerprint density at radius 2 is 2.05 bits per heavy atom. The Kier molecular flexibility index (Phi) is 4.56. The first kappa shape index (κ1) is 14.0. The maximum Gasteiger partial charge on any atom is 0.153 e. The minimum atomic E-state index is -0.456. The molecular weight excluding hydrogens is 335 g/mol. The number of rotatable bonds is 4. The van der Waals surface area contributed by atoms with Gasteiger partial charge in [0, 0.05) is 10.0 Å². The molecule has 2 rings (SSSR count). The van der Waals surface area contributed by atoms with E-state index in [-0.39, 0.29) is 17.2 Å². The Labute approximate surface area is 123 Å². The molecule has 5 heteroatoms. The Bertz CT molecular complexity index is 593. The van der Waals surface area contributed by atoms with Gasteiger partial charge in [-0.15, -0.1) is 0 Å². The first-order valence-corrected chi connectivity index (χ1v) is 6.59. The fourth-order valence-electron chi connectivity index (χ4n) is 1.57. The molecule has 0 amide bonds. The largest absolute Gasteiger partial charge is 0.488 e. The zero-order valence-electron chi connectivity index (χ0n) is 9.70. The number of hydrogen-bond acceptors (Lipinski definition) is 2. The number of para-hydroxylation sites is 1. The number of carbonyl (C=O) groups excluding carboxylic acids is 1. The zero-order valence-corrected chi connectivity index (χ0v) is 12.0. The molecule has 0 fully saturated rings. The van der Waals surface area contributed by atoms with E-state index in [1.807, 2.05) is 0 Å². The lowest BCUT2D eigenvalue weighted by molar-refractivity contribution is 0.111. The van der Waals surface area contributed by atoms with Crippen molar-refractivity contribution in [2.24, 2.45) is 0 Å². The molecule has 0 spiro atoms. The van der Waals surface area contributed by atoms with E-state index in [4.69, 9.17) is 16.3 Å². The number of ether oxygens (including phenoxy) is 1. The minimum absolute atomic E-state index is 0.0389. The number of benzene rings is 2. The summed E-state index contributed by atoms with van der Waals surface area (Å²) in [5, 5.41) is 0.274. The Morgan fingerprint density at radius 1 is 1.32 bits per heavy atom. The molecule has 0 radical (unpaired) electrons. The molecule has 0 heterocycles. The fourth-order valence-corrected chi connectivity index (χ4v) is 2.39. The van der Waals surface area contributed by atoms with Crippen molar-refractivity contribution in [2.45, 2.75) is 6.61 Å². The van der Waals surface area contributed by atoms with E-state index in [9.17, 15) is 9.18 Å². The predicted octanol–water partition coefficient (Wildman–Crippen LogP) is 4.63. The summed E-state index contributed by atoms with van der Waals surface area (Å²) in [6.07, 6.45) is 0.689. The molecule has 2 aromatic carbocycles. The summed E-state index contributed by atoms with van der Waals surface area (Å²) in [7, 11) is 0.